The topological polar surface area (TPSA) is 55.2 Å². The fraction of sp³-hybridized carbons (Fsp3) is 0.571. The number of hydrogen-bond acceptors (Lipinski definition) is 4. The van der Waals surface area contributed by atoms with E-state index in [4.69, 9.17) is 0 Å². The first-order chi connectivity index (χ1) is 12.9. The quantitative estimate of drug-likeness (QED) is 0.730. The lowest BCUT2D eigenvalue weighted by molar-refractivity contribution is 0.199. The molecule has 0 amide bonds. The number of aromatic nitrogens is 2. The van der Waals surface area contributed by atoms with E-state index in [1.54, 1.807) is 6.20 Å². The van der Waals surface area contributed by atoms with Crippen molar-refractivity contribution >= 4 is 9.84 Å². The third-order valence-corrected chi connectivity index (χ3v) is 7.41. The Bertz CT molecular complexity index is 889. The Kier molecular flexibility index (Phi) is 5.12. The van der Waals surface area contributed by atoms with Crippen molar-refractivity contribution in [3.05, 3.63) is 47.8 Å². The number of piperidine rings is 1. The molecule has 2 bridgehead atoms. The summed E-state index contributed by atoms with van der Waals surface area (Å²) in [6.45, 7) is 6.87. The van der Waals surface area contributed by atoms with Gasteiger partial charge in [-0.15, -0.1) is 0 Å². The van der Waals surface area contributed by atoms with E-state index in [0.717, 1.165) is 30.3 Å². The van der Waals surface area contributed by atoms with Crippen molar-refractivity contribution in [1.29, 1.82) is 0 Å². The van der Waals surface area contributed by atoms with Gasteiger partial charge in [-0.1, -0.05) is 44.2 Å². The van der Waals surface area contributed by atoms with Crippen LogP contribution >= 0.6 is 0 Å². The largest absolute Gasteiger partial charge is 0.317 e. The molecule has 2 atom stereocenters. The molecule has 0 N–H and O–H groups in total. The zero-order valence-corrected chi connectivity index (χ0v) is 17.0. The van der Waals surface area contributed by atoms with Gasteiger partial charge in [0.1, 0.15) is 0 Å². The summed E-state index contributed by atoms with van der Waals surface area (Å²) in [5, 5.41) is 0.222. The van der Waals surface area contributed by atoms with Crippen LogP contribution in [-0.4, -0.2) is 35.5 Å². The Morgan fingerprint density at radius 2 is 1.96 bits per heavy atom. The maximum Gasteiger partial charge on any atom is 0.228 e. The number of imidazole rings is 1. The van der Waals surface area contributed by atoms with Crippen LogP contribution in [0.2, 0.25) is 0 Å². The molecule has 6 heteroatoms. The van der Waals surface area contributed by atoms with Crippen molar-refractivity contribution < 1.29 is 8.42 Å². The minimum absolute atomic E-state index is 0.00317. The highest BCUT2D eigenvalue weighted by Crippen LogP contribution is 2.38. The number of fused-ring (bicyclic) bond motifs is 2. The first-order valence-corrected chi connectivity index (χ1v) is 11.6. The van der Waals surface area contributed by atoms with Crippen molar-refractivity contribution in [2.24, 2.45) is 11.8 Å². The molecular formula is C21H29N3O2S. The van der Waals surface area contributed by atoms with Gasteiger partial charge in [0, 0.05) is 25.7 Å². The molecule has 0 unspecified atom stereocenters. The molecule has 27 heavy (non-hydrogen) atoms. The standard InChI is InChI=1S/C21H29N3O2S/c1-16(2)12-24-20(14-23-13-18-8-9-19(23)10-18)11-22-21(24)27(25,26)15-17-6-4-3-5-7-17/h3-7,11,16,18-19H,8-10,12-15H2,1-2H3/t18-,19-/m1/s1. The average Bonchev–Trinajstić information content (AvgIpc) is 3.32. The van der Waals surface area contributed by atoms with Gasteiger partial charge in [0.15, 0.2) is 0 Å². The lowest BCUT2D eigenvalue weighted by atomic mass is 10.1. The molecule has 4 rings (SSSR count). The summed E-state index contributed by atoms with van der Waals surface area (Å²) >= 11 is 0. The minimum atomic E-state index is -3.48. The average molecular weight is 388 g/mol. The van der Waals surface area contributed by atoms with Gasteiger partial charge in [-0.3, -0.25) is 4.90 Å². The fourth-order valence-corrected chi connectivity index (χ4v) is 6.11. The molecule has 1 saturated carbocycles. The molecular weight excluding hydrogens is 358 g/mol. The minimum Gasteiger partial charge on any atom is -0.317 e. The number of hydrogen-bond donors (Lipinski definition) is 0. The smallest absolute Gasteiger partial charge is 0.228 e. The molecule has 2 aliphatic rings. The third-order valence-electron chi connectivity index (χ3n) is 5.81. The van der Waals surface area contributed by atoms with E-state index in [0.29, 0.717) is 18.5 Å². The number of rotatable bonds is 7. The Balaban J connectivity index is 1.61. The summed E-state index contributed by atoms with van der Waals surface area (Å²) < 4.78 is 28.1. The molecule has 146 valence electrons. The van der Waals surface area contributed by atoms with Crippen LogP contribution in [-0.2, 0) is 28.7 Å². The molecule has 1 saturated heterocycles. The summed E-state index contributed by atoms with van der Waals surface area (Å²) in [4.78, 5) is 6.91. The normalized spacial score (nSPS) is 22.8. The highest BCUT2D eigenvalue weighted by atomic mass is 32.2. The van der Waals surface area contributed by atoms with E-state index in [2.05, 4.69) is 23.7 Å². The van der Waals surface area contributed by atoms with Gasteiger partial charge in [-0.2, -0.15) is 0 Å². The van der Waals surface area contributed by atoms with Crippen LogP contribution < -0.4 is 0 Å². The molecule has 2 fully saturated rings. The van der Waals surface area contributed by atoms with Crippen molar-refractivity contribution in [3.8, 4) is 0 Å². The first-order valence-electron chi connectivity index (χ1n) is 9.97. The van der Waals surface area contributed by atoms with Gasteiger partial charge in [0.25, 0.3) is 0 Å². The van der Waals surface area contributed by atoms with E-state index < -0.39 is 9.84 Å². The number of nitrogens with zero attached hydrogens (tertiary/aromatic N) is 3. The fourth-order valence-electron chi connectivity index (χ4n) is 4.61. The SMILES string of the molecule is CC(C)Cn1c(CN2C[C@@H]3CC[C@@H]2C3)cnc1S(=O)(=O)Cc1ccccc1. The van der Waals surface area contributed by atoms with E-state index in [1.165, 1.54) is 19.3 Å². The van der Waals surface area contributed by atoms with Crippen molar-refractivity contribution in [2.45, 2.75) is 63.2 Å². The van der Waals surface area contributed by atoms with E-state index >= 15 is 0 Å². The maximum atomic E-state index is 13.1. The van der Waals surface area contributed by atoms with Crippen molar-refractivity contribution in [3.63, 3.8) is 0 Å². The highest BCUT2D eigenvalue weighted by molar-refractivity contribution is 7.90. The number of sulfone groups is 1. The molecule has 2 heterocycles. The predicted molar refractivity (Wildman–Crippen MR) is 106 cm³/mol. The predicted octanol–water partition coefficient (Wildman–Crippen LogP) is 3.50. The monoisotopic (exact) mass is 387 g/mol. The number of benzene rings is 1. The first kappa shape index (κ1) is 18.7. The molecule has 1 aliphatic heterocycles. The molecule has 1 aromatic carbocycles. The second kappa shape index (κ2) is 7.40. The zero-order chi connectivity index (χ0) is 19.0. The summed E-state index contributed by atoms with van der Waals surface area (Å²) in [7, 11) is -3.48. The highest BCUT2D eigenvalue weighted by Gasteiger charge is 2.38. The molecule has 5 nitrogen and oxygen atoms in total. The molecule has 0 spiro atoms. The second-order valence-corrected chi connectivity index (χ2v) is 10.4. The van der Waals surface area contributed by atoms with Crippen LogP contribution in [0.25, 0.3) is 0 Å². The van der Waals surface area contributed by atoms with Crippen LogP contribution in [0.5, 0.6) is 0 Å². The number of likely N-dealkylation sites (tertiary alicyclic amines) is 1. The van der Waals surface area contributed by atoms with Crippen molar-refractivity contribution in [1.82, 2.24) is 14.5 Å². The van der Waals surface area contributed by atoms with Gasteiger partial charge in [0.05, 0.1) is 17.6 Å². The van der Waals surface area contributed by atoms with Gasteiger partial charge in [-0.05, 0) is 36.7 Å². The van der Waals surface area contributed by atoms with Crippen LogP contribution in [0, 0.1) is 11.8 Å². The van der Waals surface area contributed by atoms with E-state index in [9.17, 15) is 8.42 Å². The summed E-state index contributed by atoms with van der Waals surface area (Å²) in [6, 6.07) is 10.0. The second-order valence-electron chi connectivity index (χ2n) is 8.54. The Morgan fingerprint density at radius 1 is 1.19 bits per heavy atom. The maximum absolute atomic E-state index is 13.1. The van der Waals surface area contributed by atoms with E-state index in [-0.39, 0.29) is 10.9 Å². The summed E-state index contributed by atoms with van der Waals surface area (Å²) in [5.41, 5.74) is 1.83. The summed E-state index contributed by atoms with van der Waals surface area (Å²) in [6.07, 6.45) is 5.72. The van der Waals surface area contributed by atoms with Crippen molar-refractivity contribution in [2.75, 3.05) is 6.54 Å². The molecule has 1 aliphatic carbocycles. The van der Waals surface area contributed by atoms with Crippen LogP contribution in [0.15, 0.2) is 41.7 Å². The lowest BCUT2D eigenvalue weighted by Crippen LogP contribution is -2.32. The van der Waals surface area contributed by atoms with Gasteiger partial charge in [0.2, 0.25) is 15.0 Å². The molecule has 2 aromatic rings. The molecule has 0 radical (unpaired) electrons. The Morgan fingerprint density at radius 3 is 2.59 bits per heavy atom. The molecule has 1 aromatic heterocycles. The van der Waals surface area contributed by atoms with Crippen LogP contribution in [0.3, 0.4) is 0 Å². The van der Waals surface area contributed by atoms with Gasteiger partial charge in [-0.25, -0.2) is 13.4 Å². The van der Waals surface area contributed by atoms with Crippen LogP contribution in [0.4, 0.5) is 0 Å². The zero-order valence-electron chi connectivity index (χ0n) is 16.2. The third kappa shape index (κ3) is 3.97. The Labute approximate surface area is 162 Å². The lowest BCUT2D eigenvalue weighted by Gasteiger charge is -2.27. The van der Waals surface area contributed by atoms with E-state index in [1.807, 2.05) is 34.9 Å². The van der Waals surface area contributed by atoms with Gasteiger partial charge < -0.3 is 4.57 Å². The summed E-state index contributed by atoms with van der Waals surface area (Å²) in [5.74, 6) is 1.19. The Hall–Kier alpha value is -1.66. The van der Waals surface area contributed by atoms with Gasteiger partial charge >= 0.3 is 0 Å². The van der Waals surface area contributed by atoms with Crippen LogP contribution in [0.1, 0.15) is 44.4 Å².